The van der Waals surface area contributed by atoms with Gasteiger partial charge in [-0.05, 0) is 48.3 Å². The summed E-state index contributed by atoms with van der Waals surface area (Å²) in [5, 5.41) is 4.88. The van der Waals surface area contributed by atoms with Crippen molar-refractivity contribution in [3.63, 3.8) is 0 Å². The second-order valence-corrected chi connectivity index (χ2v) is 8.67. The van der Waals surface area contributed by atoms with Crippen LogP contribution in [0.15, 0.2) is 35.7 Å². The number of imide groups is 1. The summed E-state index contributed by atoms with van der Waals surface area (Å²) < 4.78 is 0. The van der Waals surface area contributed by atoms with E-state index in [4.69, 9.17) is 0 Å². The lowest BCUT2D eigenvalue weighted by molar-refractivity contribution is -0.140. The van der Waals surface area contributed by atoms with Gasteiger partial charge in [-0.2, -0.15) is 0 Å². The highest BCUT2D eigenvalue weighted by molar-refractivity contribution is 7.10. The van der Waals surface area contributed by atoms with Gasteiger partial charge in [0.25, 0.3) is 5.91 Å². The molecule has 6 nitrogen and oxygen atoms in total. The number of fused-ring (bicyclic) bond motifs is 3. The number of hydrogen-bond acceptors (Lipinski definition) is 4. The van der Waals surface area contributed by atoms with Crippen LogP contribution in [0.25, 0.3) is 0 Å². The van der Waals surface area contributed by atoms with Crippen molar-refractivity contribution in [1.82, 2.24) is 15.1 Å². The van der Waals surface area contributed by atoms with E-state index in [0.717, 1.165) is 40.2 Å². The molecular formula is C21H21N3O3S. The highest BCUT2D eigenvalue weighted by Gasteiger charge is 2.54. The van der Waals surface area contributed by atoms with Gasteiger partial charge in [-0.1, -0.05) is 24.3 Å². The molecule has 0 unspecified atom stereocenters. The van der Waals surface area contributed by atoms with Crippen LogP contribution in [0.5, 0.6) is 0 Å². The van der Waals surface area contributed by atoms with Crippen molar-refractivity contribution in [3.8, 4) is 0 Å². The third-order valence-corrected chi connectivity index (χ3v) is 7.09. The Bertz CT molecular complexity index is 985. The molecule has 1 atom stereocenters. The fraction of sp³-hybridized carbons (Fsp3) is 0.381. The first-order valence-electron chi connectivity index (χ1n) is 9.64. The Morgan fingerprint density at radius 1 is 1.14 bits per heavy atom. The molecule has 1 aromatic heterocycles. The van der Waals surface area contributed by atoms with E-state index < -0.39 is 11.6 Å². The largest absolute Gasteiger partial charge is 0.336 e. The van der Waals surface area contributed by atoms with Gasteiger partial charge in [0.1, 0.15) is 12.1 Å². The maximum Gasteiger partial charge on any atom is 0.325 e. The summed E-state index contributed by atoms with van der Waals surface area (Å²) in [5.41, 5.74) is 2.31. The van der Waals surface area contributed by atoms with Crippen molar-refractivity contribution in [2.75, 3.05) is 13.1 Å². The Morgan fingerprint density at radius 2 is 1.96 bits per heavy atom. The molecule has 1 fully saturated rings. The number of thiophene rings is 1. The number of urea groups is 1. The highest BCUT2D eigenvalue weighted by atomic mass is 32.1. The lowest BCUT2D eigenvalue weighted by Crippen LogP contribution is -2.47. The molecule has 28 heavy (non-hydrogen) atoms. The maximum atomic E-state index is 13.2. The zero-order chi connectivity index (χ0) is 19.3. The molecule has 1 spiro atoms. The van der Waals surface area contributed by atoms with Gasteiger partial charge in [0.05, 0.1) is 0 Å². The second kappa shape index (κ2) is 6.44. The second-order valence-electron chi connectivity index (χ2n) is 7.67. The third kappa shape index (κ3) is 2.57. The number of carbonyl (C=O) groups excluding carboxylic acids is 3. The fourth-order valence-corrected chi connectivity index (χ4v) is 5.63. The topological polar surface area (TPSA) is 69.7 Å². The van der Waals surface area contributed by atoms with E-state index in [1.165, 1.54) is 5.56 Å². The van der Waals surface area contributed by atoms with Crippen molar-refractivity contribution >= 4 is 29.2 Å². The quantitative estimate of drug-likeness (QED) is 0.794. The zero-order valence-electron chi connectivity index (χ0n) is 15.4. The smallest absolute Gasteiger partial charge is 0.325 e. The monoisotopic (exact) mass is 395 g/mol. The van der Waals surface area contributed by atoms with Gasteiger partial charge in [-0.25, -0.2) is 4.79 Å². The predicted molar refractivity (Wildman–Crippen MR) is 105 cm³/mol. The number of nitrogens with zero attached hydrogens (tertiary/aromatic N) is 2. The lowest BCUT2D eigenvalue weighted by atomic mass is 9.80. The minimum Gasteiger partial charge on any atom is -0.336 e. The zero-order valence-corrected chi connectivity index (χ0v) is 16.3. The number of carbonyl (C=O) groups is 3. The number of hydrogen-bond donors (Lipinski definition) is 1. The van der Waals surface area contributed by atoms with Gasteiger partial charge >= 0.3 is 6.03 Å². The number of nitrogens with one attached hydrogen (secondary N) is 1. The predicted octanol–water partition coefficient (Wildman–Crippen LogP) is 2.42. The summed E-state index contributed by atoms with van der Waals surface area (Å²) in [6.45, 7) is 0.936. The van der Waals surface area contributed by atoms with Gasteiger partial charge in [0, 0.05) is 23.5 Å². The molecule has 7 heteroatoms. The Hall–Kier alpha value is -2.67. The van der Waals surface area contributed by atoms with Crippen LogP contribution in [-0.4, -0.2) is 40.7 Å². The number of benzene rings is 1. The summed E-state index contributed by atoms with van der Waals surface area (Å²) >= 11 is 1.62. The fourth-order valence-electron chi connectivity index (χ4n) is 4.63. The Kier molecular flexibility index (Phi) is 4.01. The van der Waals surface area contributed by atoms with Gasteiger partial charge in [0.2, 0.25) is 5.91 Å². The molecule has 2 aromatic rings. The standard InChI is InChI=1S/C21H21N3O3S/c25-18(23-10-7-14-4-1-2-5-15(14)12-23)13-24-19(26)21(22-20(24)27)9-3-6-17-16(21)8-11-28-17/h1-2,4-5,8,11H,3,6-7,9-10,12-13H2,(H,22,27)/t21-/m1/s1. The van der Waals surface area contributed by atoms with Crippen LogP contribution in [0.1, 0.15) is 34.4 Å². The average Bonchev–Trinajstić information content (AvgIpc) is 3.28. The van der Waals surface area contributed by atoms with E-state index in [2.05, 4.69) is 11.4 Å². The minimum absolute atomic E-state index is 0.184. The molecule has 3 aliphatic rings. The third-order valence-electron chi connectivity index (χ3n) is 6.11. The molecule has 1 aromatic carbocycles. The van der Waals surface area contributed by atoms with E-state index in [0.29, 0.717) is 19.5 Å². The summed E-state index contributed by atoms with van der Waals surface area (Å²) in [4.78, 5) is 42.8. The molecule has 1 saturated heterocycles. The number of aryl methyl sites for hydroxylation is 1. The van der Waals surface area contributed by atoms with E-state index in [1.54, 1.807) is 16.2 Å². The summed E-state index contributed by atoms with van der Waals surface area (Å²) in [7, 11) is 0. The molecular weight excluding hydrogens is 374 g/mol. The molecule has 1 aliphatic carbocycles. The molecule has 4 amide bonds. The molecule has 0 saturated carbocycles. The molecule has 5 rings (SSSR count). The molecule has 3 heterocycles. The first kappa shape index (κ1) is 17.4. The summed E-state index contributed by atoms with van der Waals surface area (Å²) in [6, 6.07) is 9.55. The maximum absolute atomic E-state index is 13.2. The van der Waals surface area contributed by atoms with Crippen LogP contribution in [0.3, 0.4) is 0 Å². The first-order valence-corrected chi connectivity index (χ1v) is 10.5. The van der Waals surface area contributed by atoms with Gasteiger partial charge in [0.15, 0.2) is 0 Å². The van der Waals surface area contributed by atoms with E-state index >= 15 is 0 Å². The molecule has 0 bridgehead atoms. The number of amides is 4. The Labute approximate surface area is 167 Å². The van der Waals surface area contributed by atoms with Crippen LogP contribution >= 0.6 is 11.3 Å². The lowest BCUT2D eigenvalue weighted by Gasteiger charge is -2.32. The Balaban J connectivity index is 1.35. The minimum atomic E-state index is -0.987. The van der Waals surface area contributed by atoms with Gasteiger partial charge < -0.3 is 10.2 Å². The van der Waals surface area contributed by atoms with Crippen molar-refractivity contribution in [2.24, 2.45) is 0 Å². The molecule has 0 radical (unpaired) electrons. The van der Waals surface area contributed by atoms with Crippen molar-refractivity contribution in [2.45, 2.75) is 37.8 Å². The van der Waals surface area contributed by atoms with Crippen LogP contribution in [-0.2, 0) is 34.5 Å². The van der Waals surface area contributed by atoms with Crippen LogP contribution in [0.2, 0.25) is 0 Å². The SMILES string of the molecule is O=C(CN1C(=O)N[C@@]2(CCCc3sccc32)C1=O)N1CCc2ccccc2C1. The molecule has 2 aliphatic heterocycles. The van der Waals surface area contributed by atoms with E-state index in [1.807, 2.05) is 29.6 Å². The average molecular weight is 395 g/mol. The van der Waals surface area contributed by atoms with Crippen LogP contribution in [0.4, 0.5) is 4.79 Å². The summed E-state index contributed by atoms with van der Waals surface area (Å²) in [6.07, 6.45) is 3.17. The highest BCUT2D eigenvalue weighted by Crippen LogP contribution is 2.42. The van der Waals surface area contributed by atoms with Crippen LogP contribution < -0.4 is 5.32 Å². The normalized spacial score (nSPS) is 23.6. The molecule has 1 N–H and O–H groups in total. The van der Waals surface area contributed by atoms with Crippen LogP contribution in [0, 0.1) is 0 Å². The van der Waals surface area contributed by atoms with Gasteiger partial charge in [-0.15, -0.1) is 11.3 Å². The van der Waals surface area contributed by atoms with Crippen molar-refractivity contribution in [3.05, 3.63) is 57.3 Å². The van der Waals surface area contributed by atoms with Crippen molar-refractivity contribution in [1.29, 1.82) is 0 Å². The summed E-state index contributed by atoms with van der Waals surface area (Å²) in [5.74, 6) is -0.473. The van der Waals surface area contributed by atoms with Gasteiger partial charge in [-0.3, -0.25) is 14.5 Å². The molecule has 144 valence electrons. The number of rotatable bonds is 2. The van der Waals surface area contributed by atoms with E-state index in [9.17, 15) is 14.4 Å². The van der Waals surface area contributed by atoms with Crippen molar-refractivity contribution < 1.29 is 14.4 Å². The Morgan fingerprint density at radius 3 is 2.82 bits per heavy atom. The van der Waals surface area contributed by atoms with E-state index in [-0.39, 0.29) is 18.4 Å². The first-order chi connectivity index (χ1) is 13.6.